The van der Waals surface area contributed by atoms with Gasteiger partial charge in [-0.25, -0.2) is 8.42 Å². The maximum absolute atomic E-state index is 11.6. The van der Waals surface area contributed by atoms with Gasteiger partial charge in [0.05, 0.1) is 6.54 Å². The fraction of sp³-hybridized carbons (Fsp3) is 0.600. The molecule has 0 saturated carbocycles. The van der Waals surface area contributed by atoms with Crippen molar-refractivity contribution in [1.82, 2.24) is 15.1 Å². The molecule has 1 N–H and O–H groups in total. The molecule has 2 atom stereocenters. The highest BCUT2D eigenvalue weighted by molar-refractivity contribution is 7.92. The van der Waals surface area contributed by atoms with Crippen LogP contribution in [0.1, 0.15) is 13.8 Å². The normalized spacial score (nSPS) is 15.2. The number of nitrogens with zero attached hydrogens (tertiary/aromatic N) is 2. The third-order valence-corrected chi connectivity index (χ3v) is 3.92. The van der Waals surface area contributed by atoms with Crippen LogP contribution in [-0.4, -0.2) is 41.7 Å². The number of aromatic nitrogens is 2. The minimum Gasteiger partial charge on any atom is -0.351 e. The van der Waals surface area contributed by atoms with E-state index in [2.05, 4.69) is 10.4 Å². The van der Waals surface area contributed by atoms with Gasteiger partial charge in [-0.2, -0.15) is 5.10 Å². The van der Waals surface area contributed by atoms with E-state index in [0.29, 0.717) is 6.54 Å². The first-order valence-electron chi connectivity index (χ1n) is 5.27. The van der Waals surface area contributed by atoms with Crippen LogP contribution in [0.15, 0.2) is 18.5 Å². The monoisotopic (exact) mass is 259 g/mol. The average Bonchev–Trinajstić information content (AvgIpc) is 2.67. The molecule has 0 bridgehead atoms. The molecule has 1 aromatic heterocycles. The average molecular weight is 259 g/mol. The number of amides is 1. The van der Waals surface area contributed by atoms with Crippen LogP contribution in [0.2, 0.25) is 0 Å². The molecule has 2 unspecified atom stereocenters. The van der Waals surface area contributed by atoms with Crippen molar-refractivity contribution in [2.45, 2.75) is 31.7 Å². The Balaban J connectivity index is 2.52. The lowest BCUT2D eigenvalue weighted by atomic mass is 10.3. The first kappa shape index (κ1) is 13.7. The molecule has 0 aliphatic carbocycles. The van der Waals surface area contributed by atoms with Crippen LogP contribution in [0, 0.1) is 0 Å². The van der Waals surface area contributed by atoms with Crippen LogP contribution in [-0.2, 0) is 21.2 Å². The van der Waals surface area contributed by atoms with Gasteiger partial charge in [0.2, 0.25) is 5.91 Å². The van der Waals surface area contributed by atoms with Gasteiger partial charge in [0.25, 0.3) is 0 Å². The summed E-state index contributed by atoms with van der Waals surface area (Å²) in [6.45, 7) is 3.69. The van der Waals surface area contributed by atoms with Crippen LogP contribution in [0.4, 0.5) is 0 Å². The summed E-state index contributed by atoms with van der Waals surface area (Å²) in [7, 11) is -3.34. The standard InChI is InChI=1S/C10H17N3O3S/c1-8(7-13-6-4-5-11-13)12-10(14)9(2)17(3,15)16/h4-6,8-9H,7H2,1-3H3,(H,12,14). The van der Waals surface area contributed by atoms with Gasteiger partial charge in [-0.15, -0.1) is 0 Å². The molecular weight excluding hydrogens is 242 g/mol. The van der Waals surface area contributed by atoms with E-state index in [0.717, 1.165) is 6.26 Å². The number of sulfone groups is 1. The van der Waals surface area contributed by atoms with Gasteiger partial charge in [-0.1, -0.05) is 0 Å². The third-order valence-electron chi connectivity index (χ3n) is 2.42. The summed E-state index contributed by atoms with van der Waals surface area (Å²) in [4.78, 5) is 11.6. The quantitative estimate of drug-likeness (QED) is 0.795. The predicted octanol–water partition coefficient (Wildman–Crippen LogP) is -0.179. The van der Waals surface area contributed by atoms with Gasteiger partial charge in [-0.3, -0.25) is 9.48 Å². The van der Waals surface area contributed by atoms with E-state index < -0.39 is 21.0 Å². The van der Waals surface area contributed by atoms with Gasteiger partial charge in [0.15, 0.2) is 9.84 Å². The van der Waals surface area contributed by atoms with Gasteiger partial charge < -0.3 is 5.32 Å². The van der Waals surface area contributed by atoms with Crippen LogP contribution < -0.4 is 5.32 Å². The summed E-state index contributed by atoms with van der Waals surface area (Å²) in [6, 6.07) is 1.61. The van der Waals surface area contributed by atoms with Crippen molar-refractivity contribution in [3.05, 3.63) is 18.5 Å². The summed E-state index contributed by atoms with van der Waals surface area (Å²) in [5.41, 5.74) is 0. The van der Waals surface area contributed by atoms with Crippen LogP contribution in [0.5, 0.6) is 0 Å². The molecular formula is C10H17N3O3S. The number of carbonyl (C=O) groups excluding carboxylic acids is 1. The maximum atomic E-state index is 11.6. The highest BCUT2D eigenvalue weighted by Crippen LogP contribution is 1.99. The molecule has 0 aliphatic rings. The van der Waals surface area contributed by atoms with E-state index in [9.17, 15) is 13.2 Å². The first-order valence-corrected chi connectivity index (χ1v) is 7.23. The van der Waals surface area contributed by atoms with E-state index in [1.165, 1.54) is 6.92 Å². The molecule has 6 nitrogen and oxygen atoms in total. The number of hydrogen-bond acceptors (Lipinski definition) is 4. The maximum Gasteiger partial charge on any atom is 0.238 e. The van der Waals surface area contributed by atoms with E-state index in [4.69, 9.17) is 0 Å². The molecule has 17 heavy (non-hydrogen) atoms. The van der Waals surface area contributed by atoms with Gasteiger partial charge in [-0.05, 0) is 19.9 Å². The van der Waals surface area contributed by atoms with Crippen molar-refractivity contribution < 1.29 is 13.2 Å². The molecule has 0 spiro atoms. The molecule has 1 aromatic rings. The second-order valence-corrected chi connectivity index (χ2v) is 6.48. The van der Waals surface area contributed by atoms with E-state index >= 15 is 0 Å². The van der Waals surface area contributed by atoms with Crippen molar-refractivity contribution in [2.75, 3.05) is 6.26 Å². The topological polar surface area (TPSA) is 81.1 Å². The lowest BCUT2D eigenvalue weighted by molar-refractivity contribution is -0.121. The lowest BCUT2D eigenvalue weighted by Crippen LogP contribution is -2.43. The minimum atomic E-state index is -3.34. The Morgan fingerprint density at radius 3 is 2.59 bits per heavy atom. The van der Waals surface area contributed by atoms with Gasteiger partial charge in [0, 0.05) is 24.7 Å². The molecule has 1 heterocycles. The smallest absolute Gasteiger partial charge is 0.238 e. The predicted molar refractivity (Wildman–Crippen MR) is 64.1 cm³/mol. The summed E-state index contributed by atoms with van der Waals surface area (Å²) < 4.78 is 24.1. The fourth-order valence-electron chi connectivity index (χ4n) is 1.29. The molecule has 0 fully saturated rings. The first-order chi connectivity index (χ1) is 7.80. The molecule has 0 radical (unpaired) electrons. The Morgan fingerprint density at radius 2 is 2.12 bits per heavy atom. The highest BCUT2D eigenvalue weighted by atomic mass is 32.2. The van der Waals surface area contributed by atoms with Crippen LogP contribution in [0.3, 0.4) is 0 Å². The Labute approximate surface area is 101 Å². The molecule has 1 rings (SSSR count). The molecule has 0 aliphatic heterocycles. The number of hydrogen-bond donors (Lipinski definition) is 1. The lowest BCUT2D eigenvalue weighted by Gasteiger charge is -2.16. The largest absolute Gasteiger partial charge is 0.351 e. The van der Waals surface area contributed by atoms with E-state index in [1.54, 1.807) is 30.1 Å². The van der Waals surface area contributed by atoms with Gasteiger partial charge in [0.1, 0.15) is 5.25 Å². The van der Waals surface area contributed by atoms with Crippen molar-refractivity contribution in [1.29, 1.82) is 0 Å². The second kappa shape index (κ2) is 5.31. The highest BCUT2D eigenvalue weighted by Gasteiger charge is 2.24. The molecule has 96 valence electrons. The molecule has 7 heteroatoms. The van der Waals surface area contributed by atoms with Crippen molar-refractivity contribution in [3.63, 3.8) is 0 Å². The number of rotatable bonds is 5. The molecule has 1 amide bonds. The summed E-state index contributed by atoms with van der Waals surface area (Å²) >= 11 is 0. The summed E-state index contributed by atoms with van der Waals surface area (Å²) in [6.07, 6.45) is 4.48. The Hall–Kier alpha value is -1.37. The Bertz CT molecular complexity index is 467. The van der Waals surface area contributed by atoms with E-state index in [1.807, 2.05) is 0 Å². The van der Waals surface area contributed by atoms with Gasteiger partial charge >= 0.3 is 0 Å². The van der Waals surface area contributed by atoms with Crippen LogP contribution >= 0.6 is 0 Å². The summed E-state index contributed by atoms with van der Waals surface area (Å²) in [5, 5.41) is 5.62. The van der Waals surface area contributed by atoms with E-state index in [-0.39, 0.29) is 6.04 Å². The fourth-order valence-corrected chi connectivity index (χ4v) is 1.75. The third kappa shape index (κ3) is 4.18. The van der Waals surface area contributed by atoms with Crippen molar-refractivity contribution >= 4 is 15.7 Å². The zero-order valence-corrected chi connectivity index (χ0v) is 10.9. The minimum absolute atomic E-state index is 0.174. The number of carbonyl (C=O) groups is 1. The Morgan fingerprint density at radius 1 is 1.47 bits per heavy atom. The zero-order chi connectivity index (χ0) is 13.1. The summed E-state index contributed by atoms with van der Waals surface area (Å²) in [5.74, 6) is -0.479. The van der Waals surface area contributed by atoms with Crippen LogP contribution in [0.25, 0.3) is 0 Å². The Kier molecular flexibility index (Phi) is 4.28. The molecule has 0 saturated heterocycles. The van der Waals surface area contributed by atoms with Crippen molar-refractivity contribution in [2.24, 2.45) is 0 Å². The molecule has 0 aromatic carbocycles. The zero-order valence-electron chi connectivity index (χ0n) is 10.1. The SMILES string of the molecule is CC(Cn1cccn1)NC(=O)C(C)S(C)(=O)=O. The number of nitrogens with one attached hydrogen (secondary N) is 1. The van der Waals surface area contributed by atoms with Crippen molar-refractivity contribution in [3.8, 4) is 0 Å². The second-order valence-electron chi connectivity index (χ2n) is 4.11.